The first kappa shape index (κ1) is 12.0. The van der Waals surface area contributed by atoms with E-state index >= 15 is 0 Å². The Morgan fingerprint density at radius 2 is 2.00 bits per heavy atom. The number of carbonyl (C=O) groups is 1. The second-order valence-electron chi connectivity index (χ2n) is 4.21. The van der Waals surface area contributed by atoms with E-state index in [4.69, 9.17) is 0 Å². The number of Topliss-reactive ketones (excluding diaryl/α,β-unsaturated/α-hetero) is 1. The lowest BCUT2D eigenvalue weighted by Gasteiger charge is -2.22. The van der Waals surface area contributed by atoms with E-state index in [9.17, 15) is 4.79 Å². The van der Waals surface area contributed by atoms with Crippen LogP contribution >= 0.6 is 11.8 Å². The minimum absolute atomic E-state index is 0.0169. The SMILES string of the molecule is CC(=O)C1=C(c2ccccc2)Nn2c(C)nnc2S1. The molecule has 0 amide bonds. The molecule has 0 bridgehead atoms. The zero-order valence-corrected chi connectivity index (χ0v) is 11.4. The minimum Gasteiger partial charge on any atom is -0.294 e. The Morgan fingerprint density at radius 3 is 2.68 bits per heavy atom. The van der Waals surface area contributed by atoms with Crippen molar-refractivity contribution >= 4 is 23.2 Å². The minimum atomic E-state index is 0.0169. The van der Waals surface area contributed by atoms with E-state index < -0.39 is 0 Å². The smallest absolute Gasteiger partial charge is 0.215 e. The monoisotopic (exact) mass is 272 g/mol. The number of aromatic nitrogens is 3. The van der Waals surface area contributed by atoms with Gasteiger partial charge in [-0.2, -0.15) is 0 Å². The van der Waals surface area contributed by atoms with Crippen LogP contribution in [0.5, 0.6) is 0 Å². The normalized spacial score (nSPS) is 14.0. The molecule has 0 aliphatic carbocycles. The maximum absolute atomic E-state index is 11.8. The van der Waals surface area contributed by atoms with Crippen LogP contribution in [0.2, 0.25) is 0 Å². The van der Waals surface area contributed by atoms with E-state index in [2.05, 4.69) is 15.6 Å². The van der Waals surface area contributed by atoms with Crippen molar-refractivity contribution in [2.45, 2.75) is 19.0 Å². The molecule has 0 saturated heterocycles. The van der Waals surface area contributed by atoms with Crippen LogP contribution in [0.25, 0.3) is 5.70 Å². The third-order valence-electron chi connectivity index (χ3n) is 2.82. The molecule has 5 nitrogen and oxygen atoms in total. The summed E-state index contributed by atoms with van der Waals surface area (Å²) in [5, 5.41) is 8.74. The Labute approximate surface area is 114 Å². The molecule has 0 unspecified atom stereocenters. The molecule has 0 fully saturated rings. The number of nitrogens with one attached hydrogen (secondary N) is 1. The zero-order valence-electron chi connectivity index (χ0n) is 10.5. The van der Waals surface area contributed by atoms with Gasteiger partial charge in [-0.25, -0.2) is 4.68 Å². The van der Waals surface area contributed by atoms with E-state index in [0.717, 1.165) is 17.1 Å². The van der Waals surface area contributed by atoms with Gasteiger partial charge in [0.05, 0.1) is 10.6 Å². The molecule has 3 rings (SSSR count). The van der Waals surface area contributed by atoms with E-state index in [1.54, 1.807) is 11.6 Å². The van der Waals surface area contributed by atoms with Crippen molar-refractivity contribution in [2.24, 2.45) is 0 Å². The van der Waals surface area contributed by atoms with Crippen LogP contribution in [0.1, 0.15) is 18.3 Å². The Hall–Kier alpha value is -2.08. The van der Waals surface area contributed by atoms with Crippen molar-refractivity contribution in [3.8, 4) is 0 Å². The van der Waals surface area contributed by atoms with Crippen LogP contribution in [-0.4, -0.2) is 20.7 Å². The summed E-state index contributed by atoms with van der Waals surface area (Å²) in [6.45, 7) is 3.43. The summed E-state index contributed by atoms with van der Waals surface area (Å²) in [7, 11) is 0. The number of thioether (sulfide) groups is 1. The predicted octanol–water partition coefficient (Wildman–Crippen LogP) is 2.19. The number of hydrogen-bond acceptors (Lipinski definition) is 5. The molecule has 1 aromatic carbocycles. The standard InChI is InChI=1S/C13H12N4OS/c1-8(18)12-11(10-6-4-3-5-7-10)16-17-9(2)14-15-13(17)19-12/h3-7,16H,1-2H3. The summed E-state index contributed by atoms with van der Waals surface area (Å²) < 4.78 is 1.79. The third kappa shape index (κ3) is 2.04. The van der Waals surface area contributed by atoms with Crippen molar-refractivity contribution < 1.29 is 4.79 Å². The first-order valence-corrected chi connectivity index (χ1v) is 6.66. The average Bonchev–Trinajstić information content (AvgIpc) is 2.79. The second-order valence-corrected chi connectivity index (χ2v) is 5.18. The number of carbonyl (C=O) groups excluding carboxylic acids is 1. The van der Waals surface area contributed by atoms with Crippen molar-refractivity contribution in [3.63, 3.8) is 0 Å². The zero-order chi connectivity index (χ0) is 13.4. The van der Waals surface area contributed by atoms with Gasteiger partial charge in [0.1, 0.15) is 5.82 Å². The van der Waals surface area contributed by atoms with Gasteiger partial charge in [-0.05, 0) is 25.6 Å². The summed E-state index contributed by atoms with van der Waals surface area (Å²) in [5.41, 5.74) is 4.99. The molecule has 0 saturated carbocycles. The van der Waals surface area contributed by atoms with Gasteiger partial charge in [0.25, 0.3) is 0 Å². The Morgan fingerprint density at radius 1 is 1.26 bits per heavy atom. The number of benzene rings is 1. The van der Waals surface area contributed by atoms with Crippen molar-refractivity contribution in [3.05, 3.63) is 46.6 Å². The van der Waals surface area contributed by atoms with Crippen molar-refractivity contribution in [1.82, 2.24) is 14.9 Å². The van der Waals surface area contributed by atoms with E-state index in [0.29, 0.717) is 10.1 Å². The van der Waals surface area contributed by atoms with E-state index in [1.807, 2.05) is 37.3 Å². The Balaban J connectivity index is 2.13. The molecule has 2 heterocycles. The third-order valence-corrected chi connectivity index (χ3v) is 3.96. The summed E-state index contributed by atoms with van der Waals surface area (Å²) in [6.07, 6.45) is 0. The molecule has 2 aromatic rings. The average molecular weight is 272 g/mol. The van der Waals surface area contributed by atoms with Crippen LogP contribution in [0.15, 0.2) is 40.4 Å². The topological polar surface area (TPSA) is 59.8 Å². The molecule has 0 atom stereocenters. The lowest BCUT2D eigenvalue weighted by molar-refractivity contribution is -0.112. The van der Waals surface area contributed by atoms with Crippen LogP contribution < -0.4 is 5.43 Å². The van der Waals surface area contributed by atoms with Gasteiger partial charge in [0.15, 0.2) is 5.78 Å². The molecular weight excluding hydrogens is 260 g/mol. The maximum atomic E-state index is 11.8. The highest BCUT2D eigenvalue weighted by Gasteiger charge is 2.25. The number of rotatable bonds is 2. The first-order chi connectivity index (χ1) is 9.16. The van der Waals surface area contributed by atoms with Crippen molar-refractivity contribution in [2.75, 3.05) is 5.43 Å². The molecule has 6 heteroatoms. The quantitative estimate of drug-likeness (QED) is 0.908. The molecule has 0 spiro atoms. The Bertz CT molecular complexity index is 675. The molecule has 19 heavy (non-hydrogen) atoms. The van der Waals surface area contributed by atoms with Gasteiger partial charge in [0, 0.05) is 5.56 Å². The van der Waals surface area contributed by atoms with Crippen LogP contribution in [-0.2, 0) is 4.79 Å². The number of allylic oxidation sites excluding steroid dienone is 1. The van der Waals surface area contributed by atoms with E-state index in [1.165, 1.54) is 11.8 Å². The number of nitrogens with zero attached hydrogens (tertiary/aromatic N) is 3. The highest BCUT2D eigenvalue weighted by atomic mass is 32.2. The first-order valence-electron chi connectivity index (χ1n) is 5.84. The fraction of sp³-hybridized carbons (Fsp3) is 0.154. The lowest BCUT2D eigenvalue weighted by atomic mass is 10.1. The number of aryl methyl sites for hydroxylation is 1. The van der Waals surface area contributed by atoms with Gasteiger partial charge >= 0.3 is 0 Å². The summed E-state index contributed by atoms with van der Waals surface area (Å²) in [5.74, 6) is 0.779. The molecule has 96 valence electrons. The van der Waals surface area contributed by atoms with Crippen LogP contribution in [0, 0.1) is 6.92 Å². The summed E-state index contributed by atoms with van der Waals surface area (Å²) in [6, 6.07) is 9.78. The lowest BCUT2D eigenvalue weighted by Crippen LogP contribution is -2.22. The number of fused-ring (bicyclic) bond motifs is 1. The highest BCUT2D eigenvalue weighted by molar-refractivity contribution is 8.04. The molecule has 1 N–H and O–H groups in total. The largest absolute Gasteiger partial charge is 0.294 e. The summed E-state index contributed by atoms with van der Waals surface area (Å²) in [4.78, 5) is 12.5. The fourth-order valence-electron chi connectivity index (χ4n) is 1.89. The second kappa shape index (κ2) is 4.55. The maximum Gasteiger partial charge on any atom is 0.215 e. The van der Waals surface area contributed by atoms with Gasteiger partial charge in [-0.1, -0.05) is 30.3 Å². The molecule has 1 aliphatic heterocycles. The fourth-order valence-corrected chi connectivity index (χ4v) is 2.83. The molecular formula is C13H12N4OS. The Kier molecular flexibility index (Phi) is 2.87. The van der Waals surface area contributed by atoms with Crippen molar-refractivity contribution in [1.29, 1.82) is 0 Å². The highest BCUT2D eigenvalue weighted by Crippen LogP contribution is 2.35. The van der Waals surface area contributed by atoms with Crippen LogP contribution in [0.4, 0.5) is 0 Å². The number of hydrogen-bond donors (Lipinski definition) is 1. The van der Waals surface area contributed by atoms with Gasteiger partial charge < -0.3 is 0 Å². The number of ketones is 1. The molecule has 0 radical (unpaired) electrons. The molecule has 1 aliphatic rings. The van der Waals surface area contributed by atoms with Gasteiger partial charge in [-0.3, -0.25) is 10.2 Å². The predicted molar refractivity (Wildman–Crippen MR) is 74.0 cm³/mol. The van der Waals surface area contributed by atoms with Crippen LogP contribution in [0.3, 0.4) is 0 Å². The molecule has 1 aromatic heterocycles. The van der Waals surface area contributed by atoms with Gasteiger partial charge in [0.2, 0.25) is 5.16 Å². The van der Waals surface area contributed by atoms with Gasteiger partial charge in [-0.15, -0.1) is 10.2 Å². The summed E-state index contributed by atoms with van der Waals surface area (Å²) >= 11 is 1.35. The van der Waals surface area contributed by atoms with E-state index in [-0.39, 0.29) is 5.78 Å².